The third kappa shape index (κ3) is 3.16. The van der Waals surface area contributed by atoms with E-state index >= 15 is 0 Å². The maximum atomic E-state index is 5.91. The van der Waals surface area contributed by atoms with Gasteiger partial charge in [0.05, 0.1) is 17.6 Å². The Morgan fingerprint density at radius 1 is 1.53 bits per heavy atom. The van der Waals surface area contributed by atoms with Gasteiger partial charge in [0.25, 0.3) is 0 Å². The van der Waals surface area contributed by atoms with E-state index < -0.39 is 0 Å². The highest BCUT2D eigenvalue weighted by molar-refractivity contribution is 7.15. The molecule has 2 unspecified atom stereocenters. The fourth-order valence-electron chi connectivity index (χ4n) is 2.07. The van der Waals surface area contributed by atoms with E-state index in [0.717, 1.165) is 4.88 Å². The van der Waals surface area contributed by atoms with E-state index in [4.69, 9.17) is 16.3 Å². The van der Waals surface area contributed by atoms with Crippen LogP contribution in [0.25, 0.3) is 0 Å². The van der Waals surface area contributed by atoms with Crippen molar-refractivity contribution < 1.29 is 4.74 Å². The van der Waals surface area contributed by atoms with Gasteiger partial charge in [-0.15, -0.1) is 11.3 Å². The van der Waals surface area contributed by atoms with Crippen LogP contribution in [-0.4, -0.2) is 11.1 Å². The quantitative estimate of drug-likeness (QED) is 0.806. The molecule has 1 aromatic rings. The second kappa shape index (κ2) is 5.28. The molecule has 84 valence electrons. The third-order valence-corrected chi connectivity index (χ3v) is 4.09. The van der Waals surface area contributed by atoms with Crippen LogP contribution in [0.1, 0.15) is 37.5 Å². The molecule has 1 saturated carbocycles. The molecule has 2 rings (SSSR count). The average molecular weight is 246 g/mol. The summed E-state index contributed by atoms with van der Waals surface area (Å²) in [5.74, 6) is 0.696. The molecular weight excluding hydrogens is 230 g/mol. The minimum atomic E-state index is 0.430. The molecule has 1 aromatic heterocycles. The molecule has 2 atom stereocenters. The van der Waals surface area contributed by atoms with Crippen molar-refractivity contribution in [3.05, 3.63) is 15.5 Å². The number of aromatic nitrogens is 1. The van der Waals surface area contributed by atoms with Gasteiger partial charge >= 0.3 is 0 Å². The van der Waals surface area contributed by atoms with Gasteiger partial charge in [0.1, 0.15) is 0 Å². The van der Waals surface area contributed by atoms with Gasteiger partial charge in [-0.25, -0.2) is 4.98 Å². The van der Waals surface area contributed by atoms with Crippen LogP contribution in [0.5, 0.6) is 0 Å². The Kier molecular flexibility index (Phi) is 4.00. The lowest BCUT2D eigenvalue weighted by Gasteiger charge is -2.28. The van der Waals surface area contributed by atoms with E-state index in [2.05, 4.69) is 11.9 Å². The normalized spacial score (nSPS) is 26.8. The van der Waals surface area contributed by atoms with E-state index in [1.165, 1.54) is 37.0 Å². The number of thiazole rings is 1. The van der Waals surface area contributed by atoms with Crippen molar-refractivity contribution in [3.8, 4) is 0 Å². The molecule has 1 aliphatic carbocycles. The number of rotatable bonds is 3. The summed E-state index contributed by atoms with van der Waals surface area (Å²) in [6, 6.07) is 0. The first-order valence-corrected chi connectivity index (χ1v) is 6.67. The van der Waals surface area contributed by atoms with Crippen LogP contribution >= 0.6 is 22.9 Å². The van der Waals surface area contributed by atoms with Gasteiger partial charge in [0.2, 0.25) is 0 Å². The molecule has 4 heteroatoms. The van der Waals surface area contributed by atoms with Crippen LogP contribution in [0.4, 0.5) is 0 Å². The van der Waals surface area contributed by atoms with Gasteiger partial charge in [-0.2, -0.15) is 0 Å². The summed E-state index contributed by atoms with van der Waals surface area (Å²) in [5.41, 5.74) is 0. The van der Waals surface area contributed by atoms with Gasteiger partial charge < -0.3 is 4.74 Å². The minimum absolute atomic E-state index is 0.430. The lowest BCUT2D eigenvalue weighted by molar-refractivity contribution is -0.0143. The summed E-state index contributed by atoms with van der Waals surface area (Å²) in [6.07, 6.45) is 7.40. The van der Waals surface area contributed by atoms with Crippen molar-refractivity contribution >= 4 is 22.9 Å². The van der Waals surface area contributed by atoms with Crippen molar-refractivity contribution in [1.82, 2.24) is 4.98 Å². The van der Waals surface area contributed by atoms with E-state index in [9.17, 15) is 0 Å². The molecule has 0 saturated heterocycles. The molecule has 2 nitrogen and oxygen atoms in total. The summed E-state index contributed by atoms with van der Waals surface area (Å²) in [6.45, 7) is 2.95. The number of ether oxygens (including phenoxy) is 1. The predicted molar refractivity (Wildman–Crippen MR) is 63.3 cm³/mol. The van der Waals surface area contributed by atoms with Crippen LogP contribution in [0.3, 0.4) is 0 Å². The average Bonchev–Trinajstić information content (AvgIpc) is 2.63. The van der Waals surface area contributed by atoms with Crippen LogP contribution in [0.2, 0.25) is 4.47 Å². The fourth-order valence-corrected chi connectivity index (χ4v) is 2.97. The highest BCUT2D eigenvalue weighted by Gasteiger charge is 2.21. The van der Waals surface area contributed by atoms with Crippen molar-refractivity contribution in [1.29, 1.82) is 0 Å². The van der Waals surface area contributed by atoms with Crippen LogP contribution in [0.15, 0.2) is 6.20 Å². The monoisotopic (exact) mass is 245 g/mol. The van der Waals surface area contributed by atoms with Gasteiger partial charge in [-0.3, -0.25) is 0 Å². The zero-order chi connectivity index (χ0) is 10.7. The Morgan fingerprint density at radius 2 is 2.33 bits per heavy atom. The lowest BCUT2D eigenvalue weighted by Crippen LogP contribution is -2.25. The van der Waals surface area contributed by atoms with Crippen LogP contribution < -0.4 is 0 Å². The van der Waals surface area contributed by atoms with E-state index in [1.54, 1.807) is 6.20 Å². The summed E-state index contributed by atoms with van der Waals surface area (Å²) in [7, 11) is 0. The fraction of sp³-hybridized carbons (Fsp3) is 0.727. The van der Waals surface area contributed by atoms with Crippen molar-refractivity contribution in [3.63, 3.8) is 0 Å². The molecule has 0 N–H and O–H groups in total. The van der Waals surface area contributed by atoms with E-state index in [-0.39, 0.29) is 0 Å². The Hall–Kier alpha value is -0.120. The molecule has 15 heavy (non-hydrogen) atoms. The Bertz CT molecular complexity index is 315. The first-order valence-electron chi connectivity index (χ1n) is 5.47. The SMILES string of the molecule is CC1CCCCC1OCc1cnc(Cl)s1. The summed E-state index contributed by atoms with van der Waals surface area (Å²) < 4.78 is 6.51. The molecule has 0 amide bonds. The topological polar surface area (TPSA) is 22.1 Å². The van der Waals surface area contributed by atoms with Gasteiger partial charge in [-0.1, -0.05) is 31.4 Å². The van der Waals surface area contributed by atoms with Crippen molar-refractivity contribution in [2.24, 2.45) is 5.92 Å². The minimum Gasteiger partial charge on any atom is -0.372 e. The van der Waals surface area contributed by atoms with Gasteiger partial charge in [-0.05, 0) is 18.8 Å². The molecule has 1 aliphatic rings. The molecule has 0 aromatic carbocycles. The molecular formula is C11H16ClNOS. The zero-order valence-electron chi connectivity index (χ0n) is 8.91. The van der Waals surface area contributed by atoms with Gasteiger partial charge in [0, 0.05) is 6.20 Å². The van der Waals surface area contributed by atoms with E-state index in [1.807, 2.05) is 0 Å². The first kappa shape index (κ1) is 11.4. The highest BCUT2D eigenvalue weighted by Crippen LogP contribution is 2.28. The molecule has 0 spiro atoms. The van der Waals surface area contributed by atoms with E-state index in [0.29, 0.717) is 23.1 Å². The summed E-state index contributed by atoms with van der Waals surface area (Å²) >= 11 is 7.27. The smallest absolute Gasteiger partial charge is 0.183 e. The lowest BCUT2D eigenvalue weighted by atomic mass is 9.88. The number of hydrogen-bond donors (Lipinski definition) is 0. The zero-order valence-corrected chi connectivity index (χ0v) is 10.5. The predicted octanol–water partition coefficient (Wildman–Crippen LogP) is 3.89. The second-order valence-electron chi connectivity index (χ2n) is 4.19. The first-order chi connectivity index (χ1) is 7.25. The standard InChI is InChI=1S/C11H16ClNOS/c1-8-4-2-3-5-10(8)14-7-9-6-13-11(12)15-9/h6,8,10H,2-5,7H2,1H3. The molecule has 1 fully saturated rings. The molecule has 0 radical (unpaired) electrons. The van der Waals surface area contributed by atoms with Gasteiger partial charge in [0.15, 0.2) is 4.47 Å². The van der Waals surface area contributed by atoms with Crippen molar-refractivity contribution in [2.45, 2.75) is 45.3 Å². The molecule has 0 bridgehead atoms. The Balaban J connectivity index is 1.81. The summed E-state index contributed by atoms with van der Waals surface area (Å²) in [5, 5.41) is 0. The summed E-state index contributed by atoms with van der Waals surface area (Å²) in [4.78, 5) is 5.13. The number of halogens is 1. The molecule has 0 aliphatic heterocycles. The third-order valence-electron chi connectivity index (χ3n) is 3.00. The second-order valence-corrected chi connectivity index (χ2v) is 5.89. The number of hydrogen-bond acceptors (Lipinski definition) is 3. The highest BCUT2D eigenvalue weighted by atomic mass is 35.5. The maximum Gasteiger partial charge on any atom is 0.183 e. The van der Waals surface area contributed by atoms with Crippen LogP contribution in [-0.2, 0) is 11.3 Å². The Labute approximate surface area is 99.6 Å². The maximum absolute atomic E-state index is 5.91. The Morgan fingerprint density at radius 3 is 3.00 bits per heavy atom. The largest absolute Gasteiger partial charge is 0.372 e. The van der Waals surface area contributed by atoms with Crippen molar-refractivity contribution in [2.75, 3.05) is 0 Å². The molecule has 1 heterocycles. The number of nitrogens with zero attached hydrogens (tertiary/aromatic N) is 1. The van der Waals surface area contributed by atoms with Crippen LogP contribution in [0, 0.1) is 5.92 Å².